The Bertz CT molecular complexity index is 902. The number of hydrogen-bond donors (Lipinski definition) is 1. The van der Waals surface area contributed by atoms with Crippen molar-refractivity contribution < 1.29 is 17.9 Å². The Morgan fingerprint density at radius 1 is 1.07 bits per heavy atom. The lowest BCUT2D eigenvalue weighted by atomic mass is 10.2. The number of nitrogens with one attached hydrogen (secondary N) is 1. The number of nitrogens with zero attached hydrogens (tertiary/aromatic N) is 1. The predicted molar refractivity (Wildman–Crippen MR) is 112 cm³/mol. The van der Waals surface area contributed by atoms with Gasteiger partial charge in [0, 0.05) is 18.3 Å². The molecule has 2 aromatic rings. The van der Waals surface area contributed by atoms with Gasteiger partial charge in [-0.2, -0.15) is 0 Å². The van der Waals surface area contributed by atoms with E-state index >= 15 is 0 Å². The fourth-order valence-corrected chi connectivity index (χ4v) is 4.03. The van der Waals surface area contributed by atoms with E-state index in [2.05, 4.69) is 5.32 Å². The second kappa shape index (κ2) is 8.65. The minimum absolute atomic E-state index is 0.0200. The van der Waals surface area contributed by atoms with Gasteiger partial charge in [-0.15, -0.1) is 0 Å². The molecule has 0 saturated heterocycles. The van der Waals surface area contributed by atoms with E-state index in [-0.39, 0.29) is 11.7 Å². The number of ether oxygens (including phenoxy) is 1. The number of amides is 1. The number of carbonyl (C=O) groups excluding carboxylic acids is 1. The maximum absolute atomic E-state index is 12.4. The molecule has 3 rings (SSSR count). The van der Waals surface area contributed by atoms with Crippen LogP contribution >= 0.6 is 0 Å². The lowest BCUT2D eigenvalue weighted by molar-refractivity contribution is 0.102. The Kier molecular flexibility index (Phi) is 6.24. The molecule has 0 unspecified atom stereocenters. The molecule has 0 aliphatic heterocycles. The zero-order valence-corrected chi connectivity index (χ0v) is 17.0. The van der Waals surface area contributed by atoms with Crippen LogP contribution in [0.15, 0.2) is 48.5 Å². The van der Waals surface area contributed by atoms with Crippen LogP contribution < -0.4 is 14.4 Å². The first-order chi connectivity index (χ1) is 13.4. The molecular formula is C21H26N2O4S. The molecule has 1 saturated carbocycles. The number of sulfonamides is 1. The van der Waals surface area contributed by atoms with E-state index in [1.54, 1.807) is 31.2 Å². The summed E-state index contributed by atoms with van der Waals surface area (Å²) in [5.41, 5.74) is 1.66. The molecule has 0 heterocycles. The van der Waals surface area contributed by atoms with Gasteiger partial charge in [-0.1, -0.05) is 0 Å². The number of benzene rings is 2. The number of anilines is 2. The Labute approximate surface area is 166 Å². The maximum atomic E-state index is 12.4. The van der Waals surface area contributed by atoms with E-state index in [1.165, 1.54) is 24.2 Å². The normalized spacial score (nSPS) is 14.6. The first-order valence-electron chi connectivity index (χ1n) is 9.54. The van der Waals surface area contributed by atoms with Crippen molar-refractivity contribution in [2.24, 2.45) is 0 Å². The van der Waals surface area contributed by atoms with E-state index in [1.807, 2.05) is 24.3 Å². The molecule has 0 bridgehead atoms. The first kappa shape index (κ1) is 20.2. The summed E-state index contributed by atoms with van der Waals surface area (Å²) >= 11 is 0. The number of hydrogen-bond acceptors (Lipinski definition) is 4. The minimum atomic E-state index is -3.32. The van der Waals surface area contributed by atoms with Gasteiger partial charge in [0.15, 0.2) is 0 Å². The maximum Gasteiger partial charge on any atom is 0.255 e. The molecule has 0 spiro atoms. The van der Waals surface area contributed by atoms with Crippen LogP contribution in [0.3, 0.4) is 0 Å². The highest BCUT2D eigenvalue weighted by Gasteiger charge is 2.17. The van der Waals surface area contributed by atoms with Crippen LogP contribution in [-0.2, 0) is 10.0 Å². The lowest BCUT2D eigenvalue weighted by Crippen LogP contribution is -2.28. The standard InChI is InChI=1S/C21H26N2O4S/c1-3-28(25,26)23(2)18-12-8-16(9-13-18)21(24)22-17-10-14-20(15-11-17)27-19-6-4-5-7-19/h8-15,19H,3-7H2,1-2H3,(H,22,24). The van der Waals surface area contributed by atoms with E-state index in [9.17, 15) is 13.2 Å². The summed E-state index contributed by atoms with van der Waals surface area (Å²) in [6, 6.07) is 13.8. The molecule has 1 aliphatic carbocycles. The van der Waals surface area contributed by atoms with Crippen molar-refractivity contribution in [2.45, 2.75) is 38.7 Å². The van der Waals surface area contributed by atoms with Crippen molar-refractivity contribution in [1.82, 2.24) is 0 Å². The summed E-state index contributed by atoms with van der Waals surface area (Å²) in [6.45, 7) is 1.59. The molecule has 6 nitrogen and oxygen atoms in total. The Morgan fingerprint density at radius 3 is 2.25 bits per heavy atom. The monoisotopic (exact) mass is 402 g/mol. The second-order valence-corrected chi connectivity index (χ2v) is 9.21. The van der Waals surface area contributed by atoms with Crippen molar-refractivity contribution in [2.75, 3.05) is 22.4 Å². The Balaban J connectivity index is 1.61. The van der Waals surface area contributed by atoms with E-state index in [4.69, 9.17) is 4.74 Å². The van der Waals surface area contributed by atoms with Gasteiger partial charge in [-0.25, -0.2) is 8.42 Å². The highest BCUT2D eigenvalue weighted by Crippen LogP contribution is 2.25. The summed E-state index contributed by atoms with van der Waals surface area (Å²) < 4.78 is 31.0. The first-order valence-corrected chi connectivity index (χ1v) is 11.1. The molecule has 1 N–H and O–H groups in total. The van der Waals surface area contributed by atoms with Crippen LogP contribution in [-0.4, -0.2) is 33.2 Å². The van der Waals surface area contributed by atoms with Crippen molar-refractivity contribution in [1.29, 1.82) is 0 Å². The molecule has 7 heteroatoms. The molecular weight excluding hydrogens is 376 g/mol. The smallest absolute Gasteiger partial charge is 0.255 e. The highest BCUT2D eigenvalue weighted by atomic mass is 32.2. The molecule has 1 amide bonds. The van der Waals surface area contributed by atoms with Gasteiger partial charge < -0.3 is 10.1 Å². The molecule has 1 aliphatic rings. The van der Waals surface area contributed by atoms with Crippen LogP contribution in [0.4, 0.5) is 11.4 Å². The average Bonchev–Trinajstić information content (AvgIpc) is 3.22. The Hall–Kier alpha value is -2.54. The fourth-order valence-electron chi connectivity index (χ4n) is 3.20. The lowest BCUT2D eigenvalue weighted by Gasteiger charge is -2.18. The van der Waals surface area contributed by atoms with Crippen molar-refractivity contribution in [3.63, 3.8) is 0 Å². The molecule has 1 fully saturated rings. The zero-order valence-electron chi connectivity index (χ0n) is 16.2. The van der Waals surface area contributed by atoms with Crippen LogP contribution in [0, 0.1) is 0 Å². The highest BCUT2D eigenvalue weighted by molar-refractivity contribution is 7.92. The topological polar surface area (TPSA) is 75.7 Å². The van der Waals surface area contributed by atoms with Gasteiger partial charge in [0.25, 0.3) is 5.91 Å². The SMILES string of the molecule is CCS(=O)(=O)N(C)c1ccc(C(=O)Nc2ccc(OC3CCCC3)cc2)cc1. The largest absolute Gasteiger partial charge is 0.490 e. The summed E-state index contributed by atoms with van der Waals surface area (Å²) in [5, 5.41) is 2.84. The van der Waals surface area contributed by atoms with Crippen molar-refractivity contribution in [3.05, 3.63) is 54.1 Å². The molecule has 150 valence electrons. The van der Waals surface area contributed by atoms with Crippen LogP contribution in [0.5, 0.6) is 5.75 Å². The number of carbonyl (C=O) groups is 1. The average molecular weight is 403 g/mol. The quantitative estimate of drug-likeness (QED) is 0.758. The molecule has 28 heavy (non-hydrogen) atoms. The molecule has 0 radical (unpaired) electrons. The molecule has 0 aromatic heterocycles. The van der Waals surface area contributed by atoms with Crippen LogP contribution in [0.25, 0.3) is 0 Å². The third-order valence-corrected chi connectivity index (χ3v) is 6.77. The van der Waals surface area contributed by atoms with E-state index in [0.29, 0.717) is 23.0 Å². The van der Waals surface area contributed by atoms with Gasteiger partial charge in [-0.05, 0) is 81.1 Å². The fraction of sp³-hybridized carbons (Fsp3) is 0.381. The Morgan fingerprint density at radius 2 is 1.68 bits per heavy atom. The summed E-state index contributed by atoms with van der Waals surface area (Å²) in [4.78, 5) is 12.4. The van der Waals surface area contributed by atoms with Crippen LogP contribution in [0.2, 0.25) is 0 Å². The van der Waals surface area contributed by atoms with Gasteiger partial charge in [-0.3, -0.25) is 9.10 Å². The second-order valence-electron chi connectivity index (χ2n) is 6.92. The van der Waals surface area contributed by atoms with E-state index in [0.717, 1.165) is 18.6 Å². The van der Waals surface area contributed by atoms with Gasteiger partial charge in [0.05, 0.1) is 17.5 Å². The van der Waals surface area contributed by atoms with Crippen molar-refractivity contribution in [3.8, 4) is 5.75 Å². The minimum Gasteiger partial charge on any atom is -0.490 e. The van der Waals surface area contributed by atoms with E-state index < -0.39 is 10.0 Å². The third-order valence-electron chi connectivity index (χ3n) is 4.99. The van der Waals surface area contributed by atoms with Gasteiger partial charge >= 0.3 is 0 Å². The third kappa shape index (κ3) is 4.84. The number of rotatable bonds is 7. The van der Waals surface area contributed by atoms with Crippen LogP contribution in [0.1, 0.15) is 43.0 Å². The van der Waals surface area contributed by atoms with Crippen molar-refractivity contribution >= 4 is 27.3 Å². The summed E-state index contributed by atoms with van der Waals surface area (Å²) in [6.07, 6.45) is 4.94. The molecule has 2 aromatic carbocycles. The molecule has 0 atom stereocenters. The van der Waals surface area contributed by atoms with Gasteiger partial charge in [0.2, 0.25) is 10.0 Å². The summed E-state index contributed by atoms with van der Waals surface area (Å²) in [5.74, 6) is 0.582. The summed E-state index contributed by atoms with van der Waals surface area (Å²) in [7, 11) is -1.82. The van der Waals surface area contributed by atoms with Gasteiger partial charge in [0.1, 0.15) is 5.75 Å². The zero-order chi connectivity index (χ0) is 20.1. The predicted octanol–water partition coefficient (Wildman–Crippen LogP) is 4.05.